The summed E-state index contributed by atoms with van der Waals surface area (Å²) in [5.74, 6) is -0.0284. The Morgan fingerprint density at radius 1 is 1.26 bits per heavy atom. The van der Waals surface area contributed by atoms with E-state index in [1.54, 1.807) is 30.2 Å². The molecule has 9 heteroatoms. The van der Waals surface area contributed by atoms with Crippen LogP contribution in [0, 0.1) is 6.92 Å². The van der Waals surface area contributed by atoms with Gasteiger partial charge in [0, 0.05) is 50.2 Å². The summed E-state index contributed by atoms with van der Waals surface area (Å²) in [6.07, 6.45) is 1.95. The highest BCUT2D eigenvalue weighted by molar-refractivity contribution is 7.89. The molecule has 1 atom stereocenters. The number of aromatic nitrogens is 1. The fraction of sp³-hybridized carbons (Fsp3) is 0.444. The lowest BCUT2D eigenvalue weighted by atomic mass is 10.2. The topological polar surface area (TPSA) is 96.6 Å². The molecule has 0 saturated carbocycles. The van der Waals surface area contributed by atoms with E-state index in [4.69, 9.17) is 5.73 Å². The summed E-state index contributed by atoms with van der Waals surface area (Å²) in [5, 5.41) is 0.803. The highest BCUT2D eigenvalue weighted by atomic mass is 35.5. The van der Waals surface area contributed by atoms with Crippen molar-refractivity contribution in [2.24, 2.45) is 5.73 Å². The van der Waals surface area contributed by atoms with Gasteiger partial charge in [-0.05, 0) is 31.5 Å². The van der Waals surface area contributed by atoms with Crippen molar-refractivity contribution in [1.82, 2.24) is 14.2 Å². The van der Waals surface area contributed by atoms with Gasteiger partial charge in [0.15, 0.2) is 0 Å². The number of hydrogen-bond donors (Lipinski definition) is 1. The van der Waals surface area contributed by atoms with E-state index in [0.717, 1.165) is 10.9 Å². The molecule has 2 aromatic rings. The summed E-state index contributed by atoms with van der Waals surface area (Å²) in [5.41, 5.74) is 7.14. The van der Waals surface area contributed by atoms with Crippen LogP contribution in [0.4, 0.5) is 0 Å². The molecule has 0 spiro atoms. The molecule has 27 heavy (non-hydrogen) atoms. The number of nitrogens with zero attached hydrogens (tertiary/aromatic N) is 3. The molecule has 1 fully saturated rings. The fourth-order valence-electron chi connectivity index (χ4n) is 3.17. The van der Waals surface area contributed by atoms with Crippen molar-refractivity contribution < 1.29 is 13.2 Å². The molecule has 1 saturated heterocycles. The van der Waals surface area contributed by atoms with Crippen LogP contribution in [0.15, 0.2) is 35.4 Å². The van der Waals surface area contributed by atoms with Crippen LogP contribution in [-0.4, -0.2) is 60.7 Å². The van der Waals surface area contributed by atoms with Crippen molar-refractivity contribution in [2.75, 3.05) is 26.2 Å². The second-order valence-electron chi connectivity index (χ2n) is 6.81. The van der Waals surface area contributed by atoms with Crippen LogP contribution >= 0.6 is 12.4 Å². The lowest BCUT2D eigenvalue weighted by Crippen LogP contribution is -2.51. The summed E-state index contributed by atoms with van der Waals surface area (Å²) in [4.78, 5) is 18.3. The van der Waals surface area contributed by atoms with Gasteiger partial charge in [0.1, 0.15) is 4.90 Å². The number of carbonyl (C=O) groups is 1. The smallest absolute Gasteiger partial charge is 0.245 e. The number of pyridine rings is 1. The van der Waals surface area contributed by atoms with Crippen molar-refractivity contribution in [3.8, 4) is 0 Å². The summed E-state index contributed by atoms with van der Waals surface area (Å²) in [6, 6.07) is 6.91. The van der Waals surface area contributed by atoms with Gasteiger partial charge in [-0.1, -0.05) is 12.1 Å². The van der Waals surface area contributed by atoms with E-state index in [0.29, 0.717) is 18.6 Å². The van der Waals surface area contributed by atoms with Crippen molar-refractivity contribution in [1.29, 1.82) is 0 Å². The van der Waals surface area contributed by atoms with Gasteiger partial charge in [-0.15, -0.1) is 12.4 Å². The zero-order valence-electron chi connectivity index (χ0n) is 15.5. The minimum absolute atomic E-state index is 0. The number of benzene rings is 1. The average molecular weight is 413 g/mol. The van der Waals surface area contributed by atoms with Crippen molar-refractivity contribution in [3.63, 3.8) is 0 Å². The number of aryl methyl sites for hydroxylation is 1. The maximum absolute atomic E-state index is 13.1. The Kier molecular flexibility index (Phi) is 6.80. The van der Waals surface area contributed by atoms with Gasteiger partial charge in [-0.25, -0.2) is 8.42 Å². The fourth-order valence-corrected chi connectivity index (χ4v) is 4.76. The Bertz CT molecular complexity index is 925. The van der Waals surface area contributed by atoms with Crippen molar-refractivity contribution in [3.05, 3.63) is 36.0 Å². The number of amides is 1. The summed E-state index contributed by atoms with van der Waals surface area (Å²) in [7, 11) is -3.67. The first-order valence-corrected chi connectivity index (χ1v) is 10.1. The number of fused-ring (bicyclic) bond motifs is 1. The van der Waals surface area contributed by atoms with Gasteiger partial charge < -0.3 is 10.6 Å². The lowest BCUT2D eigenvalue weighted by Gasteiger charge is -2.34. The first-order chi connectivity index (χ1) is 12.3. The molecule has 1 amide bonds. The van der Waals surface area contributed by atoms with Crippen LogP contribution in [0.25, 0.3) is 10.9 Å². The van der Waals surface area contributed by atoms with Gasteiger partial charge >= 0.3 is 0 Å². The van der Waals surface area contributed by atoms with Crippen LogP contribution in [0.5, 0.6) is 0 Å². The number of halogens is 1. The van der Waals surface area contributed by atoms with Gasteiger partial charge in [-0.2, -0.15) is 4.31 Å². The molecule has 0 radical (unpaired) electrons. The van der Waals surface area contributed by atoms with E-state index in [2.05, 4.69) is 4.98 Å². The second kappa shape index (κ2) is 8.52. The van der Waals surface area contributed by atoms with E-state index in [1.807, 2.05) is 19.1 Å². The SMILES string of the molecule is Cc1cnc2c(S(=O)(=O)N3CCN(C(=O)CC(C)N)CC3)cccc2c1.Cl. The minimum atomic E-state index is -3.67. The maximum atomic E-state index is 13.1. The molecule has 1 unspecified atom stereocenters. The zero-order chi connectivity index (χ0) is 18.9. The number of para-hydroxylation sites is 1. The monoisotopic (exact) mass is 412 g/mol. The summed E-state index contributed by atoms with van der Waals surface area (Å²) >= 11 is 0. The number of carbonyl (C=O) groups excluding carboxylic acids is 1. The summed E-state index contributed by atoms with van der Waals surface area (Å²) < 4.78 is 27.6. The highest BCUT2D eigenvalue weighted by Gasteiger charge is 2.31. The van der Waals surface area contributed by atoms with Gasteiger partial charge in [0.05, 0.1) is 5.52 Å². The molecule has 2 heterocycles. The number of sulfonamides is 1. The molecule has 148 valence electrons. The third kappa shape index (κ3) is 4.57. The quantitative estimate of drug-likeness (QED) is 0.821. The molecule has 0 aliphatic carbocycles. The maximum Gasteiger partial charge on any atom is 0.245 e. The van der Waals surface area contributed by atoms with Crippen molar-refractivity contribution in [2.45, 2.75) is 31.2 Å². The largest absolute Gasteiger partial charge is 0.340 e. The standard InChI is InChI=1S/C18H24N4O3S.ClH/c1-13-10-15-4-3-5-16(18(15)20-12-13)26(24,25)22-8-6-21(7-9-22)17(23)11-14(2)19;/h3-5,10,12,14H,6-9,11,19H2,1-2H3;1H. The van der Waals surface area contributed by atoms with Gasteiger partial charge in [0.25, 0.3) is 0 Å². The Morgan fingerprint density at radius 2 is 1.93 bits per heavy atom. The van der Waals surface area contributed by atoms with Crippen molar-refractivity contribution >= 4 is 39.2 Å². The third-order valence-corrected chi connectivity index (χ3v) is 6.45. The normalized spacial score (nSPS) is 16.8. The molecule has 3 rings (SSSR count). The van der Waals surface area contributed by atoms with Gasteiger partial charge in [0.2, 0.25) is 15.9 Å². The van der Waals surface area contributed by atoms with E-state index in [-0.39, 0.29) is 48.8 Å². The Balaban J connectivity index is 0.00000261. The Labute approximate surface area is 166 Å². The molecule has 1 aromatic heterocycles. The minimum Gasteiger partial charge on any atom is -0.340 e. The van der Waals surface area contributed by atoms with Crippen LogP contribution in [0.1, 0.15) is 18.9 Å². The summed E-state index contributed by atoms with van der Waals surface area (Å²) in [6.45, 7) is 5.01. The Hall–Kier alpha value is -1.74. The number of nitrogens with two attached hydrogens (primary N) is 1. The first-order valence-electron chi connectivity index (χ1n) is 8.68. The molecule has 1 aliphatic heterocycles. The zero-order valence-corrected chi connectivity index (χ0v) is 17.1. The highest BCUT2D eigenvalue weighted by Crippen LogP contribution is 2.25. The molecule has 0 bridgehead atoms. The molecule has 1 aromatic carbocycles. The second-order valence-corrected chi connectivity index (χ2v) is 8.71. The molecule has 1 aliphatic rings. The Morgan fingerprint density at radius 3 is 2.56 bits per heavy atom. The number of rotatable bonds is 4. The van der Waals surface area contributed by atoms with Crippen LogP contribution in [0.3, 0.4) is 0 Å². The van der Waals surface area contributed by atoms with Crippen LogP contribution in [-0.2, 0) is 14.8 Å². The first kappa shape index (κ1) is 21.6. The predicted molar refractivity (Wildman–Crippen MR) is 107 cm³/mol. The number of hydrogen-bond acceptors (Lipinski definition) is 5. The third-order valence-electron chi connectivity index (χ3n) is 4.52. The predicted octanol–water partition coefficient (Wildman–Crippen LogP) is 1.54. The van der Waals surface area contributed by atoms with E-state index < -0.39 is 10.0 Å². The average Bonchev–Trinajstić information content (AvgIpc) is 2.60. The molecule has 2 N–H and O–H groups in total. The van der Waals surface area contributed by atoms with E-state index in [9.17, 15) is 13.2 Å². The van der Waals surface area contributed by atoms with Crippen LogP contribution in [0.2, 0.25) is 0 Å². The van der Waals surface area contributed by atoms with Crippen LogP contribution < -0.4 is 5.73 Å². The molecular formula is C18H25ClN4O3S. The van der Waals surface area contributed by atoms with E-state index >= 15 is 0 Å². The van der Waals surface area contributed by atoms with Gasteiger partial charge in [-0.3, -0.25) is 9.78 Å². The van der Waals surface area contributed by atoms with E-state index in [1.165, 1.54) is 4.31 Å². The molecular weight excluding hydrogens is 388 g/mol. The molecule has 7 nitrogen and oxygen atoms in total. The lowest BCUT2D eigenvalue weighted by molar-refractivity contribution is -0.132. The number of piperazine rings is 1.